The lowest BCUT2D eigenvalue weighted by molar-refractivity contribution is -0.142. The summed E-state index contributed by atoms with van der Waals surface area (Å²) in [7, 11) is 0. The molecule has 0 bridgehead atoms. The van der Waals surface area contributed by atoms with E-state index >= 15 is 0 Å². The van der Waals surface area contributed by atoms with Crippen LogP contribution in [0.2, 0.25) is 0 Å². The lowest BCUT2D eigenvalue weighted by atomic mass is 10.0. The standard InChI is InChI=1S/C20H25NO6S/c1-10-11(2)20(25)27-17-12(3)16(7-6-14(10)17)26-13(4)18(22)21-15(19(23)24)8-9-28-5/h6-7,13,15H,8-9H2,1-5H3,(H,21,22)(H,23,24)/t13-,15+/m1/s1. The fraction of sp³-hybridized carbons (Fsp3) is 0.450. The van der Waals surface area contributed by atoms with Gasteiger partial charge in [0.15, 0.2) is 6.10 Å². The van der Waals surface area contributed by atoms with Gasteiger partial charge in [-0.15, -0.1) is 0 Å². The predicted octanol–water partition coefficient (Wildman–Crippen LogP) is 2.81. The van der Waals surface area contributed by atoms with Crippen LogP contribution in [0.1, 0.15) is 30.0 Å². The number of hydrogen-bond acceptors (Lipinski definition) is 6. The number of amides is 1. The van der Waals surface area contributed by atoms with Gasteiger partial charge >= 0.3 is 11.6 Å². The first-order chi connectivity index (χ1) is 13.2. The van der Waals surface area contributed by atoms with Crippen LogP contribution in [-0.4, -0.2) is 41.1 Å². The van der Waals surface area contributed by atoms with Gasteiger partial charge < -0.3 is 19.6 Å². The topological polar surface area (TPSA) is 106 Å². The molecular formula is C20H25NO6S. The van der Waals surface area contributed by atoms with Crippen molar-refractivity contribution in [3.8, 4) is 5.75 Å². The lowest BCUT2D eigenvalue weighted by Crippen LogP contribution is -2.46. The number of thioether (sulfide) groups is 1. The maximum Gasteiger partial charge on any atom is 0.339 e. The van der Waals surface area contributed by atoms with E-state index in [9.17, 15) is 19.5 Å². The van der Waals surface area contributed by atoms with Crippen molar-refractivity contribution in [3.63, 3.8) is 0 Å². The van der Waals surface area contributed by atoms with Crippen LogP contribution in [0.25, 0.3) is 11.0 Å². The van der Waals surface area contributed by atoms with Crippen LogP contribution in [0, 0.1) is 20.8 Å². The first-order valence-corrected chi connectivity index (χ1v) is 10.3. The molecule has 2 rings (SSSR count). The summed E-state index contributed by atoms with van der Waals surface area (Å²) in [4.78, 5) is 35.7. The van der Waals surface area contributed by atoms with Gasteiger partial charge in [0, 0.05) is 16.5 Å². The van der Waals surface area contributed by atoms with Crippen LogP contribution in [0.15, 0.2) is 21.3 Å². The number of nitrogens with one attached hydrogen (secondary N) is 1. The molecule has 1 aromatic carbocycles. The van der Waals surface area contributed by atoms with Crippen molar-refractivity contribution in [2.75, 3.05) is 12.0 Å². The molecule has 2 aromatic rings. The molecule has 0 aliphatic rings. The first kappa shape index (κ1) is 21.8. The number of carboxylic acid groups (broad SMARTS) is 1. The van der Waals surface area contributed by atoms with E-state index < -0.39 is 29.6 Å². The van der Waals surface area contributed by atoms with Crippen LogP contribution in [0.3, 0.4) is 0 Å². The molecule has 0 radical (unpaired) electrons. The summed E-state index contributed by atoms with van der Waals surface area (Å²) >= 11 is 1.51. The Bertz CT molecular complexity index is 952. The molecule has 0 aliphatic carbocycles. The highest BCUT2D eigenvalue weighted by Gasteiger charge is 2.24. The number of hydrogen-bond donors (Lipinski definition) is 2. The fourth-order valence-corrected chi connectivity index (χ4v) is 3.25. The van der Waals surface area contributed by atoms with Gasteiger partial charge in [-0.2, -0.15) is 11.8 Å². The van der Waals surface area contributed by atoms with Crippen molar-refractivity contribution in [1.82, 2.24) is 5.32 Å². The summed E-state index contributed by atoms with van der Waals surface area (Å²) in [6.45, 7) is 6.86. The molecule has 0 spiro atoms. The Labute approximate surface area is 167 Å². The minimum absolute atomic E-state index is 0.327. The second-order valence-electron chi connectivity index (χ2n) is 6.65. The average molecular weight is 407 g/mol. The zero-order valence-electron chi connectivity index (χ0n) is 16.6. The summed E-state index contributed by atoms with van der Waals surface area (Å²) < 4.78 is 11.1. The molecular weight excluding hydrogens is 382 g/mol. The van der Waals surface area contributed by atoms with Crippen LogP contribution in [0.4, 0.5) is 0 Å². The molecule has 1 aromatic heterocycles. The number of benzene rings is 1. The quantitative estimate of drug-likeness (QED) is 0.648. The van der Waals surface area contributed by atoms with Crippen LogP contribution < -0.4 is 15.7 Å². The Hall–Kier alpha value is -2.48. The van der Waals surface area contributed by atoms with Crippen molar-refractivity contribution in [2.45, 2.75) is 46.3 Å². The van der Waals surface area contributed by atoms with Crippen LogP contribution in [0.5, 0.6) is 5.75 Å². The summed E-state index contributed by atoms with van der Waals surface area (Å²) in [6.07, 6.45) is 1.29. The van der Waals surface area contributed by atoms with Gasteiger partial charge in [0.1, 0.15) is 17.4 Å². The van der Waals surface area contributed by atoms with E-state index in [-0.39, 0.29) is 0 Å². The third-order valence-corrected chi connectivity index (χ3v) is 5.37. The highest BCUT2D eigenvalue weighted by molar-refractivity contribution is 7.98. The molecule has 7 nitrogen and oxygen atoms in total. The van der Waals surface area contributed by atoms with Crippen molar-refractivity contribution in [1.29, 1.82) is 0 Å². The number of rotatable bonds is 8. The smallest absolute Gasteiger partial charge is 0.339 e. The van der Waals surface area contributed by atoms with E-state index in [0.29, 0.717) is 34.6 Å². The number of fused-ring (bicyclic) bond motifs is 1. The van der Waals surface area contributed by atoms with Crippen molar-refractivity contribution in [3.05, 3.63) is 39.2 Å². The van der Waals surface area contributed by atoms with E-state index in [4.69, 9.17) is 9.15 Å². The number of carbonyl (C=O) groups is 2. The lowest BCUT2D eigenvalue weighted by Gasteiger charge is -2.20. The highest BCUT2D eigenvalue weighted by Crippen LogP contribution is 2.29. The molecule has 152 valence electrons. The number of aryl methyl sites for hydroxylation is 2. The van der Waals surface area contributed by atoms with E-state index in [0.717, 1.165) is 10.9 Å². The molecule has 1 amide bonds. The van der Waals surface area contributed by atoms with E-state index in [2.05, 4.69) is 5.32 Å². The summed E-state index contributed by atoms with van der Waals surface area (Å²) in [5.41, 5.74) is 2.01. The summed E-state index contributed by atoms with van der Waals surface area (Å²) in [6, 6.07) is 2.54. The van der Waals surface area contributed by atoms with Crippen LogP contribution in [-0.2, 0) is 9.59 Å². The molecule has 0 aliphatic heterocycles. The largest absolute Gasteiger partial charge is 0.480 e. The highest BCUT2D eigenvalue weighted by atomic mass is 32.2. The maximum atomic E-state index is 12.4. The monoisotopic (exact) mass is 407 g/mol. The van der Waals surface area contributed by atoms with E-state index in [1.165, 1.54) is 11.8 Å². The van der Waals surface area contributed by atoms with Crippen LogP contribution >= 0.6 is 11.8 Å². The van der Waals surface area contributed by atoms with Gasteiger partial charge in [-0.05, 0) is 63.8 Å². The molecule has 0 saturated heterocycles. The normalized spacial score (nSPS) is 13.2. The molecule has 0 saturated carbocycles. The van der Waals surface area contributed by atoms with E-state index in [1.807, 2.05) is 13.2 Å². The van der Waals surface area contributed by atoms with Crippen molar-refractivity contribution < 1.29 is 23.8 Å². The molecule has 2 atom stereocenters. The third-order valence-electron chi connectivity index (χ3n) is 4.72. The molecule has 1 heterocycles. The first-order valence-electron chi connectivity index (χ1n) is 8.89. The zero-order chi connectivity index (χ0) is 21.0. The molecule has 0 unspecified atom stereocenters. The second-order valence-corrected chi connectivity index (χ2v) is 7.63. The molecule has 8 heteroatoms. The van der Waals surface area contributed by atoms with Gasteiger partial charge in [0.05, 0.1) is 0 Å². The average Bonchev–Trinajstić information content (AvgIpc) is 2.65. The Balaban J connectivity index is 2.22. The van der Waals surface area contributed by atoms with Gasteiger partial charge in [0.2, 0.25) is 0 Å². The summed E-state index contributed by atoms with van der Waals surface area (Å²) in [5, 5.41) is 12.6. The number of ether oxygens (including phenoxy) is 1. The Kier molecular flexibility index (Phi) is 7.12. The second kappa shape index (κ2) is 9.14. The summed E-state index contributed by atoms with van der Waals surface area (Å²) in [5.74, 6) is -0.579. The van der Waals surface area contributed by atoms with E-state index in [1.54, 1.807) is 32.9 Å². The molecule has 28 heavy (non-hydrogen) atoms. The van der Waals surface area contributed by atoms with Gasteiger partial charge in [-0.25, -0.2) is 9.59 Å². The molecule has 2 N–H and O–H groups in total. The van der Waals surface area contributed by atoms with Gasteiger partial charge in [-0.1, -0.05) is 0 Å². The Morgan fingerprint density at radius 2 is 1.89 bits per heavy atom. The third kappa shape index (κ3) is 4.67. The minimum atomic E-state index is -1.08. The molecule has 0 fully saturated rings. The zero-order valence-corrected chi connectivity index (χ0v) is 17.4. The van der Waals surface area contributed by atoms with Gasteiger partial charge in [-0.3, -0.25) is 4.79 Å². The number of carboxylic acids is 1. The van der Waals surface area contributed by atoms with Crippen molar-refractivity contribution >= 4 is 34.6 Å². The van der Waals surface area contributed by atoms with Gasteiger partial charge in [0.25, 0.3) is 5.91 Å². The fourth-order valence-electron chi connectivity index (χ4n) is 2.78. The minimum Gasteiger partial charge on any atom is -0.480 e. The Morgan fingerprint density at radius 3 is 2.50 bits per heavy atom. The number of aliphatic carboxylic acids is 1. The predicted molar refractivity (Wildman–Crippen MR) is 109 cm³/mol. The SMILES string of the molecule is CSCC[C@H](NC(=O)[C@@H](C)Oc1ccc2c(C)c(C)c(=O)oc2c1C)C(=O)O. The maximum absolute atomic E-state index is 12.4. The van der Waals surface area contributed by atoms with Crippen molar-refractivity contribution in [2.24, 2.45) is 0 Å². The number of carbonyl (C=O) groups excluding carboxylic acids is 1. The Morgan fingerprint density at radius 1 is 1.21 bits per heavy atom.